The van der Waals surface area contributed by atoms with Gasteiger partial charge in [0.15, 0.2) is 0 Å². The molecule has 3 aliphatic rings. The fraction of sp³-hybridized carbons (Fsp3) is 0.310. The highest BCUT2D eigenvalue weighted by molar-refractivity contribution is 6.31. The molecule has 1 N–H and O–H groups in total. The summed E-state index contributed by atoms with van der Waals surface area (Å²) in [7, 11) is 0. The number of halogens is 1. The molecular formula is C29H26FN3O5. The number of barbiturate groups is 1. The van der Waals surface area contributed by atoms with E-state index in [0.29, 0.717) is 11.1 Å². The standard InChI is InChI=1S/C29H26FN3O5/c1-16-21-14-18-4-2-11-32-12-3-5-20(24(18)32)25(21)38-28(36)22(16)15-23-26(34)31-29(37)33(27(23)35)13-10-17-6-8-19(30)9-7-17/h6-9,14-15H,2-5,10-13H2,1H3,(H,31,34,37). The molecule has 2 aromatic carbocycles. The average Bonchev–Trinajstić information content (AvgIpc) is 2.90. The zero-order chi connectivity index (χ0) is 26.6. The second kappa shape index (κ2) is 9.24. The van der Waals surface area contributed by atoms with Crippen molar-refractivity contribution in [2.24, 2.45) is 0 Å². The highest BCUT2D eigenvalue weighted by atomic mass is 19.1. The predicted molar refractivity (Wildman–Crippen MR) is 139 cm³/mol. The van der Waals surface area contributed by atoms with E-state index in [1.54, 1.807) is 19.1 Å². The Balaban J connectivity index is 1.38. The Kier molecular flexibility index (Phi) is 5.86. The van der Waals surface area contributed by atoms with Gasteiger partial charge in [0, 0.05) is 36.3 Å². The van der Waals surface area contributed by atoms with Crippen LogP contribution < -0.4 is 15.8 Å². The molecule has 4 amide bonds. The highest BCUT2D eigenvalue weighted by Crippen LogP contribution is 2.40. The van der Waals surface area contributed by atoms with E-state index in [1.165, 1.54) is 29.5 Å². The van der Waals surface area contributed by atoms with E-state index < -0.39 is 23.5 Å². The van der Waals surface area contributed by atoms with Crippen LogP contribution in [0.25, 0.3) is 17.0 Å². The maximum Gasteiger partial charge on any atom is 0.343 e. The molecule has 3 aromatic rings. The number of carbonyl (C=O) groups excluding carboxylic acids is 3. The third kappa shape index (κ3) is 3.98. The fourth-order valence-electron chi connectivity index (χ4n) is 5.77. The number of fused-ring (bicyclic) bond motifs is 2. The molecule has 1 saturated heterocycles. The van der Waals surface area contributed by atoms with E-state index in [9.17, 15) is 23.6 Å². The van der Waals surface area contributed by atoms with Crippen molar-refractivity contribution in [2.45, 2.75) is 39.0 Å². The molecule has 194 valence electrons. The van der Waals surface area contributed by atoms with E-state index >= 15 is 0 Å². The minimum atomic E-state index is -0.867. The molecule has 0 bridgehead atoms. The number of aryl methyl sites for hydroxylation is 3. The van der Waals surface area contributed by atoms with Crippen LogP contribution >= 0.6 is 0 Å². The summed E-state index contributed by atoms with van der Waals surface area (Å²) in [6, 6.07) is 6.96. The number of anilines is 1. The number of urea groups is 1. The molecule has 0 spiro atoms. The number of hydrogen-bond donors (Lipinski definition) is 1. The second-order valence-corrected chi connectivity index (χ2v) is 10.0. The lowest BCUT2D eigenvalue weighted by molar-refractivity contribution is -0.130. The Morgan fingerprint density at radius 2 is 1.79 bits per heavy atom. The number of imide groups is 2. The highest BCUT2D eigenvalue weighted by Gasteiger charge is 2.36. The SMILES string of the molecule is Cc1c(C=C2C(=O)NC(=O)N(CCc3ccc(F)cc3)C2=O)c(=O)oc2c3c4c(cc12)CCCN4CCC3. The van der Waals surface area contributed by atoms with E-state index in [1.807, 2.05) is 0 Å². The Morgan fingerprint density at radius 1 is 1.05 bits per heavy atom. The molecular weight excluding hydrogens is 489 g/mol. The summed E-state index contributed by atoms with van der Waals surface area (Å²) >= 11 is 0. The van der Waals surface area contributed by atoms with Crippen LogP contribution in [-0.4, -0.2) is 42.4 Å². The van der Waals surface area contributed by atoms with Crippen LogP contribution in [0.5, 0.6) is 0 Å². The quantitative estimate of drug-likeness (QED) is 0.324. The van der Waals surface area contributed by atoms with Gasteiger partial charge in [0.2, 0.25) is 0 Å². The van der Waals surface area contributed by atoms with Gasteiger partial charge in [-0.3, -0.25) is 19.8 Å². The third-order valence-electron chi connectivity index (χ3n) is 7.71. The summed E-state index contributed by atoms with van der Waals surface area (Å²) < 4.78 is 19.0. The second-order valence-electron chi connectivity index (χ2n) is 10.0. The molecule has 6 rings (SSSR count). The van der Waals surface area contributed by atoms with Gasteiger partial charge in [0.1, 0.15) is 17.0 Å². The predicted octanol–water partition coefficient (Wildman–Crippen LogP) is 3.64. The molecule has 0 radical (unpaired) electrons. The molecule has 9 heteroatoms. The number of hydrogen-bond acceptors (Lipinski definition) is 6. The van der Waals surface area contributed by atoms with E-state index in [4.69, 9.17) is 4.42 Å². The first-order valence-electron chi connectivity index (χ1n) is 12.8. The van der Waals surface area contributed by atoms with Crippen LogP contribution in [0.15, 0.2) is 45.1 Å². The zero-order valence-corrected chi connectivity index (χ0v) is 20.9. The topological polar surface area (TPSA) is 99.9 Å². The summed E-state index contributed by atoms with van der Waals surface area (Å²) in [6.45, 7) is 3.76. The lowest BCUT2D eigenvalue weighted by Crippen LogP contribution is -2.54. The minimum absolute atomic E-state index is 0.0156. The van der Waals surface area contributed by atoms with Crippen LogP contribution in [0.3, 0.4) is 0 Å². The molecule has 1 fully saturated rings. The van der Waals surface area contributed by atoms with Crippen molar-refractivity contribution in [1.29, 1.82) is 0 Å². The van der Waals surface area contributed by atoms with Gasteiger partial charge < -0.3 is 9.32 Å². The molecule has 3 aliphatic heterocycles. The van der Waals surface area contributed by atoms with Crippen molar-refractivity contribution < 1.29 is 23.2 Å². The van der Waals surface area contributed by atoms with Crippen molar-refractivity contribution in [3.63, 3.8) is 0 Å². The van der Waals surface area contributed by atoms with E-state index in [-0.39, 0.29) is 29.9 Å². The van der Waals surface area contributed by atoms with Crippen LogP contribution in [0, 0.1) is 12.7 Å². The van der Waals surface area contributed by atoms with Crippen molar-refractivity contribution in [3.05, 3.63) is 80.0 Å². The first-order chi connectivity index (χ1) is 18.3. The summed E-state index contributed by atoms with van der Waals surface area (Å²) in [6.07, 6.45) is 5.31. The third-order valence-corrected chi connectivity index (χ3v) is 7.71. The molecule has 0 atom stereocenters. The summed E-state index contributed by atoms with van der Waals surface area (Å²) in [5.74, 6) is -2.05. The van der Waals surface area contributed by atoms with Gasteiger partial charge in [-0.2, -0.15) is 0 Å². The van der Waals surface area contributed by atoms with Gasteiger partial charge in [-0.25, -0.2) is 14.0 Å². The minimum Gasteiger partial charge on any atom is -0.422 e. The largest absolute Gasteiger partial charge is 0.422 e. The smallest absolute Gasteiger partial charge is 0.343 e. The molecule has 4 heterocycles. The van der Waals surface area contributed by atoms with Gasteiger partial charge in [0.25, 0.3) is 11.8 Å². The number of benzene rings is 2. The number of rotatable bonds is 4. The summed E-state index contributed by atoms with van der Waals surface area (Å²) in [5, 5.41) is 2.98. The van der Waals surface area contributed by atoms with Crippen molar-refractivity contribution >= 4 is 40.6 Å². The lowest BCUT2D eigenvalue weighted by atomic mass is 9.88. The molecule has 38 heavy (non-hydrogen) atoms. The van der Waals surface area contributed by atoms with Crippen LogP contribution in [0.4, 0.5) is 14.9 Å². The van der Waals surface area contributed by atoms with E-state index in [0.717, 1.165) is 60.2 Å². The molecule has 0 unspecified atom stereocenters. The summed E-state index contributed by atoms with van der Waals surface area (Å²) in [5.41, 5.74) is 4.53. The monoisotopic (exact) mass is 515 g/mol. The number of nitrogens with zero attached hydrogens (tertiary/aromatic N) is 2. The fourth-order valence-corrected chi connectivity index (χ4v) is 5.77. The maximum atomic E-state index is 13.2. The van der Waals surface area contributed by atoms with E-state index in [2.05, 4.69) is 16.3 Å². The average molecular weight is 516 g/mol. The first-order valence-corrected chi connectivity index (χ1v) is 12.8. The number of amides is 4. The van der Waals surface area contributed by atoms with Crippen molar-refractivity contribution in [1.82, 2.24) is 10.2 Å². The van der Waals surface area contributed by atoms with Crippen molar-refractivity contribution in [3.8, 4) is 0 Å². The van der Waals surface area contributed by atoms with Crippen LogP contribution in [0.2, 0.25) is 0 Å². The Morgan fingerprint density at radius 3 is 2.55 bits per heavy atom. The Bertz CT molecular complexity index is 1600. The van der Waals surface area contributed by atoms with Gasteiger partial charge in [-0.05, 0) is 80.0 Å². The van der Waals surface area contributed by atoms with Gasteiger partial charge in [-0.1, -0.05) is 12.1 Å². The van der Waals surface area contributed by atoms with Crippen LogP contribution in [0.1, 0.15) is 40.7 Å². The lowest BCUT2D eigenvalue weighted by Gasteiger charge is -2.37. The first kappa shape index (κ1) is 24.1. The van der Waals surface area contributed by atoms with Gasteiger partial charge >= 0.3 is 11.7 Å². The normalized spacial score (nSPS) is 18.3. The molecule has 0 aliphatic carbocycles. The maximum absolute atomic E-state index is 13.2. The molecule has 0 saturated carbocycles. The van der Waals surface area contributed by atoms with Crippen LogP contribution in [-0.2, 0) is 28.9 Å². The Hall–Kier alpha value is -4.27. The molecule has 8 nitrogen and oxygen atoms in total. The Labute approximate surface area is 217 Å². The van der Waals surface area contributed by atoms with Crippen molar-refractivity contribution in [2.75, 3.05) is 24.5 Å². The summed E-state index contributed by atoms with van der Waals surface area (Å²) in [4.78, 5) is 54.8. The zero-order valence-electron chi connectivity index (χ0n) is 20.9. The molecule has 1 aromatic heterocycles. The number of carbonyl (C=O) groups is 3. The van der Waals surface area contributed by atoms with Gasteiger partial charge in [0.05, 0.1) is 5.56 Å². The van der Waals surface area contributed by atoms with Gasteiger partial charge in [-0.15, -0.1) is 0 Å². The number of nitrogens with one attached hydrogen (secondary N) is 1.